The average molecular weight is 251 g/mol. The molecule has 2 heterocycles. The molecule has 1 aromatic rings. The summed E-state index contributed by atoms with van der Waals surface area (Å²) in [5, 5.41) is 3.31. The predicted octanol–water partition coefficient (Wildman–Crippen LogP) is 2.36. The van der Waals surface area contributed by atoms with Crippen molar-refractivity contribution in [1.29, 1.82) is 0 Å². The lowest BCUT2D eigenvalue weighted by Crippen LogP contribution is -2.50. The summed E-state index contributed by atoms with van der Waals surface area (Å²) < 4.78 is 13.3. The topological polar surface area (TPSA) is 28.2 Å². The van der Waals surface area contributed by atoms with E-state index in [0.29, 0.717) is 0 Å². The fourth-order valence-corrected chi connectivity index (χ4v) is 2.99. The second-order valence-corrected chi connectivity index (χ2v) is 5.51. The van der Waals surface area contributed by atoms with Crippen molar-refractivity contribution in [2.75, 3.05) is 20.1 Å². The van der Waals surface area contributed by atoms with Crippen molar-refractivity contribution in [3.8, 4) is 0 Å². The number of hydrogen-bond donors (Lipinski definition) is 1. The molecular formula is C14H22FN3. The molecular weight excluding hydrogens is 229 g/mol. The normalized spacial score (nSPS) is 19.1. The molecule has 1 atom stereocenters. The van der Waals surface area contributed by atoms with E-state index in [2.05, 4.69) is 29.0 Å². The van der Waals surface area contributed by atoms with Gasteiger partial charge in [-0.15, -0.1) is 0 Å². The van der Waals surface area contributed by atoms with Gasteiger partial charge in [-0.3, -0.25) is 9.88 Å². The van der Waals surface area contributed by atoms with E-state index in [4.69, 9.17) is 0 Å². The van der Waals surface area contributed by atoms with Crippen LogP contribution in [0.3, 0.4) is 0 Å². The quantitative estimate of drug-likeness (QED) is 0.890. The van der Waals surface area contributed by atoms with E-state index in [1.165, 1.54) is 19.0 Å². The SMILES string of the molecule is CNC(c1cncc(F)c1)C(C)(C)N1CCCC1. The molecule has 0 saturated carbocycles. The Morgan fingerprint density at radius 1 is 1.33 bits per heavy atom. The third kappa shape index (κ3) is 2.54. The van der Waals surface area contributed by atoms with Crippen molar-refractivity contribution < 1.29 is 4.39 Å². The van der Waals surface area contributed by atoms with Gasteiger partial charge in [0.2, 0.25) is 0 Å². The molecule has 0 aromatic carbocycles. The van der Waals surface area contributed by atoms with Crippen LogP contribution in [0.5, 0.6) is 0 Å². The summed E-state index contributed by atoms with van der Waals surface area (Å²) in [6.45, 7) is 6.66. The summed E-state index contributed by atoms with van der Waals surface area (Å²) in [6.07, 6.45) is 5.50. The third-order valence-electron chi connectivity index (χ3n) is 3.98. The highest BCUT2D eigenvalue weighted by Gasteiger charge is 2.37. The molecule has 18 heavy (non-hydrogen) atoms. The zero-order valence-electron chi connectivity index (χ0n) is 11.4. The summed E-state index contributed by atoms with van der Waals surface area (Å²) in [5.74, 6) is -0.273. The molecule has 1 aliphatic rings. The fourth-order valence-electron chi connectivity index (χ4n) is 2.99. The molecule has 1 aromatic heterocycles. The summed E-state index contributed by atoms with van der Waals surface area (Å²) >= 11 is 0. The molecule has 0 amide bonds. The van der Waals surface area contributed by atoms with Crippen LogP contribution in [0.2, 0.25) is 0 Å². The highest BCUT2D eigenvalue weighted by molar-refractivity contribution is 5.20. The number of pyridine rings is 1. The van der Waals surface area contributed by atoms with Gasteiger partial charge >= 0.3 is 0 Å². The summed E-state index contributed by atoms with van der Waals surface area (Å²) in [6, 6.07) is 1.66. The van der Waals surface area contributed by atoms with Gasteiger partial charge in [0.25, 0.3) is 0 Å². The number of aromatic nitrogens is 1. The molecule has 0 aliphatic carbocycles. The molecule has 1 fully saturated rings. The van der Waals surface area contributed by atoms with E-state index in [0.717, 1.165) is 18.7 Å². The van der Waals surface area contributed by atoms with Crippen LogP contribution in [0, 0.1) is 5.82 Å². The van der Waals surface area contributed by atoms with Crippen LogP contribution in [-0.4, -0.2) is 35.6 Å². The van der Waals surface area contributed by atoms with Crippen LogP contribution in [0.25, 0.3) is 0 Å². The summed E-state index contributed by atoms with van der Waals surface area (Å²) in [7, 11) is 1.92. The van der Waals surface area contributed by atoms with E-state index in [-0.39, 0.29) is 17.4 Å². The Labute approximate surface area is 108 Å². The molecule has 3 nitrogen and oxygen atoms in total. The first kappa shape index (κ1) is 13.4. The number of likely N-dealkylation sites (N-methyl/N-ethyl adjacent to an activating group) is 1. The number of halogens is 1. The number of nitrogens with zero attached hydrogens (tertiary/aromatic N) is 2. The molecule has 0 bridgehead atoms. The van der Waals surface area contributed by atoms with Gasteiger partial charge in [0.05, 0.1) is 12.2 Å². The first-order valence-corrected chi connectivity index (χ1v) is 6.58. The van der Waals surface area contributed by atoms with Crippen molar-refractivity contribution in [2.45, 2.75) is 38.3 Å². The van der Waals surface area contributed by atoms with Gasteiger partial charge in [0.1, 0.15) is 5.82 Å². The van der Waals surface area contributed by atoms with Crippen LogP contribution in [-0.2, 0) is 0 Å². The molecule has 1 N–H and O–H groups in total. The maximum absolute atomic E-state index is 13.3. The predicted molar refractivity (Wildman–Crippen MR) is 70.9 cm³/mol. The van der Waals surface area contributed by atoms with E-state index >= 15 is 0 Å². The lowest BCUT2D eigenvalue weighted by Gasteiger charge is -2.42. The van der Waals surface area contributed by atoms with Crippen LogP contribution < -0.4 is 5.32 Å². The van der Waals surface area contributed by atoms with Gasteiger partial charge in [0, 0.05) is 11.7 Å². The van der Waals surface area contributed by atoms with Gasteiger partial charge in [-0.1, -0.05) is 0 Å². The Kier molecular flexibility index (Phi) is 3.97. The van der Waals surface area contributed by atoms with E-state index in [1.54, 1.807) is 12.3 Å². The molecule has 0 spiro atoms. The monoisotopic (exact) mass is 251 g/mol. The minimum absolute atomic E-state index is 0.0409. The maximum atomic E-state index is 13.3. The average Bonchev–Trinajstić information content (AvgIpc) is 2.83. The van der Waals surface area contributed by atoms with Gasteiger partial charge in [0.15, 0.2) is 0 Å². The molecule has 2 rings (SSSR count). The molecule has 1 aliphatic heterocycles. The Hall–Kier alpha value is -1.00. The maximum Gasteiger partial charge on any atom is 0.141 e. The zero-order valence-corrected chi connectivity index (χ0v) is 11.4. The molecule has 1 unspecified atom stereocenters. The van der Waals surface area contributed by atoms with Crippen molar-refractivity contribution in [3.63, 3.8) is 0 Å². The van der Waals surface area contributed by atoms with Crippen molar-refractivity contribution >= 4 is 0 Å². The van der Waals surface area contributed by atoms with Crippen molar-refractivity contribution in [1.82, 2.24) is 15.2 Å². The zero-order chi connectivity index (χ0) is 13.2. The van der Waals surface area contributed by atoms with Gasteiger partial charge in [-0.05, 0) is 58.5 Å². The Bertz CT molecular complexity index is 400. The standard InChI is InChI=1S/C14H22FN3/c1-14(2,18-6-4-5-7-18)13(16-3)11-8-12(15)10-17-9-11/h8-10,13,16H,4-7H2,1-3H3. The lowest BCUT2D eigenvalue weighted by molar-refractivity contribution is 0.110. The Morgan fingerprint density at radius 2 is 2.00 bits per heavy atom. The first-order chi connectivity index (χ1) is 8.55. The van der Waals surface area contributed by atoms with E-state index in [1.807, 2.05) is 7.05 Å². The smallest absolute Gasteiger partial charge is 0.141 e. The summed E-state index contributed by atoms with van der Waals surface area (Å²) in [5.41, 5.74) is 0.871. The number of hydrogen-bond acceptors (Lipinski definition) is 3. The van der Waals surface area contributed by atoms with Gasteiger partial charge in [-0.25, -0.2) is 4.39 Å². The highest BCUT2D eigenvalue weighted by atomic mass is 19.1. The van der Waals surface area contributed by atoms with E-state index < -0.39 is 0 Å². The van der Waals surface area contributed by atoms with Crippen LogP contribution >= 0.6 is 0 Å². The van der Waals surface area contributed by atoms with Gasteiger partial charge < -0.3 is 5.32 Å². The first-order valence-electron chi connectivity index (χ1n) is 6.58. The second-order valence-electron chi connectivity index (χ2n) is 5.51. The number of likely N-dealkylation sites (tertiary alicyclic amines) is 1. The highest BCUT2D eigenvalue weighted by Crippen LogP contribution is 2.33. The van der Waals surface area contributed by atoms with Crippen molar-refractivity contribution in [2.24, 2.45) is 0 Å². The Morgan fingerprint density at radius 3 is 2.56 bits per heavy atom. The van der Waals surface area contributed by atoms with Crippen LogP contribution in [0.15, 0.2) is 18.5 Å². The van der Waals surface area contributed by atoms with Gasteiger partial charge in [-0.2, -0.15) is 0 Å². The number of rotatable bonds is 4. The summed E-state index contributed by atoms with van der Waals surface area (Å²) in [4.78, 5) is 6.43. The lowest BCUT2D eigenvalue weighted by atomic mass is 9.88. The largest absolute Gasteiger partial charge is 0.311 e. The minimum atomic E-state index is -0.273. The second kappa shape index (κ2) is 5.33. The van der Waals surface area contributed by atoms with Crippen LogP contribution in [0.1, 0.15) is 38.3 Å². The number of nitrogens with one attached hydrogen (secondary N) is 1. The Balaban J connectivity index is 2.26. The fraction of sp³-hybridized carbons (Fsp3) is 0.643. The van der Waals surface area contributed by atoms with E-state index in [9.17, 15) is 4.39 Å². The molecule has 100 valence electrons. The molecule has 1 saturated heterocycles. The van der Waals surface area contributed by atoms with Crippen molar-refractivity contribution in [3.05, 3.63) is 29.8 Å². The minimum Gasteiger partial charge on any atom is -0.311 e. The molecule has 0 radical (unpaired) electrons. The van der Waals surface area contributed by atoms with Crippen LogP contribution in [0.4, 0.5) is 4.39 Å². The third-order valence-corrected chi connectivity index (χ3v) is 3.98. The molecule has 4 heteroatoms.